The predicted octanol–water partition coefficient (Wildman–Crippen LogP) is 3.43. The maximum Gasteiger partial charge on any atom is 0.165 e. The first-order valence-corrected chi connectivity index (χ1v) is 6.67. The normalized spacial score (nSPS) is 15.8. The van der Waals surface area contributed by atoms with Gasteiger partial charge in [0.15, 0.2) is 5.78 Å². The average Bonchev–Trinajstić information content (AvgIpc) is 2.89. The molecule has 0 unspecified atom stereocenters. The van der Waals surface area contributed by atoms with E-state index in [1.54, 1.807) is 25.3 Å². The molecule has 0 bridgehead atoms. The molecule has 0 aliphatic heterocycles. The van der Waals surface area contributed by atoms with Gasteiger partial charge in [-0.1, -0.05) is 25.7 Å². The second kappa shape index (κ2) is 5.89. The summed E-state index contributed by atoms with van der Waals surface area (Å²) < 4.78 is 5.13. The highest BCUT2D eigenvalue weighted by atomic mass is 16.5. The summed E-state index contributed by atoms with van der Waals surface area (Å²) in [6, 6.07) is 5.26. The van der Waals surface area contributed by atoms with Crippen LogP contribution >= 0.6 is 0 Å². The van der Waals surface area contributed by atoms with Crippen LogP contribution in [0.5, 0.6) is 5.75 Å². The Labute approximate surface area is 108 Å². The standard InChI is InChI=1S/C15H21NO2/c1-18-12-7-8-14(16)13(10-12)15(17)9-6-11-4-2-3-5-11/h7-8,10-11H,2-6,9,16H2,1H3. The van der Waals surface area contributed by atoms with E-state index in [2.05, 4.69) is 0 Å². The molecule has 3 heteroatoms. The molecule has 1 aliphatic carbocycles. The largest absolute Gasteiger partial charge is 0.497 e. The molecule has 3 nitrogen and oxygen atoms in total. The van der Waals surface area contributed by atoms with Gasteiger partial charge in [0.1, 0.15) is 5.75 Å². The average molecular weight is 247 g/mol. The van der Waals surface area contributed by atoms with Gasteiger partial charge < -0.3 is 10.5 Å². The first-order chi connectivity index (χ1) is 8.70. The SMILES string of the molecule is COc1ccc(N)c(C(=O)CCC2CCCC2)c1. The van der Waals surface area contributed by atoms with Gasteiger partial charge in [-0.2, -0.15) is 0 Å². The summed E-state index contributed by atoms with van der Waals surface area (Å²) in [7, 11) is 1.60. The zero-order chi connectivity index (χ0) is 13.0. The molecule has 1 aromatic rings. The van der Waals surface area contributed by atoms with Gasteiger partial charge in [-0.25, -0.2) is 0 Å². The molecule has 0 amide bonds. The number of anilines is 1. The Morgan fingerprint density at radius 1 is 1.39 bits per heavy atom. The molecule has 1 fully saturated rings. The van der Waals surface area contributed by atoms with Crippen molar-refractivity contribution in [3.63, 3.8) is 0 Å². The van der Waals surface area contributed by atoms with Gasteiger partial charge in [-0.05, 0) is 30.5 Å². The molecule has 0 spiro atoms. The number of nitrogen functional groups attached to an aromatic ring is 1. The van der Waals surface area contributed by atoms with E-state index in [9.17, 15) is 4.79 Å². The van der Waals surface area contributed by atoms with Crippen molar-refractivity contribution in [2.45, 2.75) is 38.5 Å². The molecule has 0 atom stereocenters. The van der Waals surface area contributed by atoms with Crippen LogP contribution in [0.2, 0.25) is 0 Å². The summed E-state index contributed by atoms with van der Waals surface area (Å²) in [6.07, 6.45) is 6.79. The molecule has 2 rings (SSSR count). The van der Waals surface area contributed by atoms with Crippen molar-refractivity contribution in [3.8, 4) is 5.75 Å². The van der Waals surface area contributed by atoms with E-state index in [0.29, 0.717) is 23.4 Å². The summed E-state index contributed by atoms with van der Waals surface area (Å²) in [5, 5.41) is 0. The van der Waals surface area contributed by atoms with Crippen molar-refractivity contribution in [1.82, 2.24) is 0 Å². The third-order valence-corrected chi connectivity index (χ3v) is 3.82. The molecular formula is C15H21NO2. The number of carbonyl (C=O) groups is 1. The number of rotatable bonds is 5. The molecule has 0 heterocycles. The lowest BCUT2D eigenvalue weighted by molar-refractivity contribution is 0.0974. The predicted molar refractivity (Wildman–Crippen MR) is 72.9 cm³/mol. The quantitative estimate of drug-likeness (QED) is 0.640. The van der Waals surface area contributed by atoms with E-state index in [1.165, 1.54) is 25.7 Å². The van der Waals surface area contributed by atoms with E-state index >= 15 is 0 Å². The van der Waals surface area contributed by atoms with Gasteiger partial charge in [-0.3, -0.25) is 4.79 Å². The third kappa shape index (κ3) is 3.03. The lowest BCUT2D eigenvalue weighted by atomic mass is 9.97. The van der Waals surface area contributed by atoms with E-state index in [0.717, 1.165) is 12.3 Å². The Balaban J connectivity index is 1.98. The fourth-order valence-corrected chi connectivity index (χ4v) is 2.67. The second-order valence-electron chi connectivity index (χ2n) is 5.07. The van der Waals surface area contributed by atoms with Crippen molar-refractivity contribution in [2.75, 3.05) is 12.8 Å². The number of ketones is 1. The summed E-state index contributed by atoms with van der Waals surface area (Å²) in [6.45, 7) is 0. The molecule has 1 saturated carbocycles. The number of ether oxygens (including phenoxy) is 1. The second-order valence-corrected chi connectivity index (χ2v) is 5.07. The Morgan fingerprint density at radius 3 is 2.78 bits per heavy atom. The molecule has 18 heavy (non-hydrogen) atoms. The fourth-order valence-electron chi connectivity index (χ4n) is 2.67. The minimum absolute atomic E-state index is 0.137. The molecular weight excluding hydrogens is 226 g/mol. The van der Waals surface area contributed by atoms with Crippen LogP contribution in [-0.4, -0.2) is 12.9 Å². The lowest BCUT2D eigenvalue weighted by Crippen LogP contribution is -2.06. The highest BCUT2D eigenvalue weighted by Crippen LogP contribution is 2.30. The van der Waals surface area contributed by atoms with Crippen LogP contribution in [0.4, 0.5) is 5.69 Å². The molecule has 0 saturated heterocycles. The monoisotopic (exact) mass is 247 g/mol. The van der Waals surface area contributed by atoms with Crippen molar-refractivity contribution in [2.24, 2.45) is 5.92 Å². The topological polar surface area (TPSA) is 52.3 Å². The molecule has 2 N–H and O–H groups in total. The number of nitrogens with two attached hydrogens (primary N) is 1. The Kier molecular flexibility index (Phi) is 4.24. The first kappa shape index (κ1) is 12.9. The van der Waals surface area contributed by atoms with Gasteiger partial charge in [-0.15, -0.1) is 0 Å². The number of hydrogen-bond acceptors (Lipinski definition) is 3. The number of Topliss-reactive ketones (excluding diaryl/α,β-unsaturated/α-hetero) is 1. The summed E-state index contributed by atoms with van der Waals surface area (Å²) >= 11 is 0. The van der Waals surface area contributed by atoms with Crippen molar-refractivity contribution >= 4 is 11.5 Å². The van der Waals surface area contributed by atoms with Crippen LogP contribution in [0.15, 0.2) is 18.2 Å². The minimum atomic E-state index is 0.137. The number of carbonyl (C=O) groups excluding carboxylic acids is 1. The van der Waals surface area contributed by atoms with Crippen LogP contribution in [0.3, 0.4) is 0 Å². The van der Waals surface area contributed by atoms with Crippen LogP contribution < -0.4 is 10.5 Å². The van der Waals surface area contributed by atoms with Crippen LogP contribution in [0.25, 0.3) is 0 Å². The van der Waals surface area contributed by atoms with E-state index < -0.39 is 0 Å². The van der Waals surface area contributed by atoms with Crippen molar-refractivity contribution in [3.05, 3.63) is 23.8 Å². The van der Waals surface area contributed by atoms with Crippen LogP contribution in [0.1, 0.15) is 48.9 Å². The highest BCUT2D eigenvalue weighted by Gasteiger charge is 2.18. The van der Waals surface area contributed by atoms with Crippen LogP contribution in [-0.2, 0) is 0 Å². The molecule has 0 aromatic heterocycles. The maximum absolute atomic E-state index is 12.2. The number of hydrogen-bond donors (Lipinski definition) is 1. The lowest BCUT2D eigenvalue weighted by Gasteiger charge is -2.10. The van der Waals surface area contributed by atoms with Crippen molar-refractivity contribution in [1.29, 1.82) is 0 Å². The van der Waals surface area contributed by atoms with E-state index in [-0.39, 0.29) is 5.78 Å². The maximum atomic E-state index is 12.2. The first-order valence-electron chi connectivity index (χ1n) is 6.67. The Bertz CT molecular complexity index is 423. The van der Waals surface area contributed by atoms with Gasteiger partial charge in [0.05, 0.1) is 7.11 Å². The minimum Gasteiger partial charge on any atom is -0.497 e. The van der Waals surface area contributed by atoms with Gasteiger partial charge in [0.2, 0.25) is 0 Å². The van der Waals surface area contributed by atoms with Gasteiger partial charge >= 0.3 is 0 Å². The van der Waals surface area contributed by atoms with Gasteiger partial charge in [0, 0.05) is 17.7 Å². The molecule has 0 radical (unpaired) electrons. The molecule has 1 aromatic carbocycles. The zero-order valence-corrected chi connectivity index (χ0v) is 10.9. The Morgan fingerprint density at radius 2 is 2.11 bits per heavy atom. The Hall–Kier alpha value is -1.51. The van der Waals surface area contributed by atoms with E-state index in [4.69, 9.17) is 10.5 Å². The highest BCUT2D eigenvalue weighted by molar-refractivity contribution is 6.01. The smallest absolute Gasteiger partial charge is 0.165 e. The van der Waals surface area contributed by atoms with E-state index in [1.807, 2.05) is 0 Å². The summed E-state index contributed by atoms with van der Waals surface area (Å²) in [4.78, 5) is 12.2. The molecule has 1 aliphatic rings. The zero-order valence-electron chi connectivity index (χ0n) is 10.9. The fraction of sp³-hybridized carbons (Fsp3) is 0.533. The third-order valence-electron chi connectivity index (χ3n) is 3.82. The number of benzene rings is 1. The van der Waals surface area contributed by atoms with Crippen LogP contribution in [0, 0.1) is 5.92 Å². The molecule has 98 valence electrons. The summed E-state index contributed by atoms with van der Waals surface area (Å²) in [5.41, 5.74) is 7.00. The summed E-state index contributed by atoms with van der Waals surface area (Å²) in [5.74, 6) is 1.56. The van der Waals surface area contributed by atoms with Crippen molar-refractivity contribution < 1.29 is 9.53 Å². The van der Waals surface area contributed by atoms with Gasteiger partial charge in [0.25, 0.3) is 0 Å². The number of methoxy groups -OCH3 is 1.